The van der Waals surface area contributed by atoms with E-state index in [1.807, 2.05) is 0 Å². The first-order chi connectivity index (χ1) is 10.7. The van der Waals surface area contributed by atoms with Crippen LogP contribution in [0, 0.1) is 0 Å². The van der Waals surface area contributed by atoms with E-state index in [9.17, 15) is 4.79 Å². The molecule has 7 nitrogen and oxygen atoms in total. The molecule has 3 rings (SSSR count). The highest BCUT2D eigenvalue weighted by molar-refractivity contribution is 6.05. The number of benzene rings is 1. The third kappa shape index (κ3) is 2.56. The molecule has 1 aromatic carbocycles. The Balaban J connectivity index is 1.84. The number of H-pyrrole nitrogens is 1. The summed E-state index contributed by atoms with van der Waals surface area (Å²) >= 11 is 0. The van der Waals surface area contributed by atoms with Gasteiger partial charge in [0.15, 0.2) is 17.1 Å². The Morgan fingerprint density at radius 3 is 2.73 bits per heavy atom. The van der Waals surface area contributed by atoms with E-state index in [1.165, 1.54) is 12.5 Å². The maximum absolute atomic E-state index is 12.3. The Bertz CT molecular complexity index is 829. The fourth-order valence-electron chi connectivity index (χ4n) is 2.07. The zero-order valence-electron chi connectivity index (χ0n) is 12.1. The highest BCUT2D eigenvalue weighted by atomic mass is 16.5. The van der Waals surface area contributed by atoms with Crippen LogP contribution in [-0.2, 0) is 0 Å². The number of imidazole rings is 1. The highest BCUT2D eigenvalue weighted by Gasteiger charge is 2.11. The number of carbonyl (C=O) groups excluding carboxylic acids is 1. The van der Waals surface area contributed by atoms with Gasteiger partial charge in [0.25, 0.3) is 5.91 Å². The van der Waals surface area contributed by atoms with Crippen molar-refractivity contribution in [1.82, 2.24) is 15.0 Å². The van der Waals surface area contributed by atoms with Gasteiger partial charge < -0.3 is 19.8 Å². The summed E-state index contributed by atoms with van der Waals surface area (Å²) in [7, 11) is 3.10. The van der Waals surface area contributed by atoms with Crippen LogP contribution in [0.5, 0.6) is 11.5 Å². The number of amides is 1. The van der Waals surface area contributed by atoms with Crippen molar-refractivity contribution in [3.63, 3.8) is 0 Å². The Hall–Kier alpha value is -3.09. The Labute approximate surface area is 126 Å². The van der Waals surface area contributed by atoms with E-state index in [1.54, 1.807) is 38.5 Å². The number of pyridine rings is 1. The molecule has 0 unspecified atom stereocenters. The fourth-order valence-corrected chi connectivity index (χ4v) is 2.07. The first-order valence-electron chi connectivity index (χ1n) is 6.54. The van der Waals surface area contributed by atoms with Crippen LogP contribution in [-0.4, -0.2) is 35.1 Å². The fraction of sp³-hybridized carbons (Fsp3) is 0.133. The number of aromatic nitrogens is 3. The van der Waals surface area contributed by atoms with Crippen LogP contribution in [0.15, 0.2) is 36.8 Å². The molecule has 0 fully saturated rings. The molecule has 2 heterocycles. The van der Waals surface area contributed by atoms with Crippen LogP contribution in [0.4, 0.5) is 5.69 Å². The quantitative estimate of drug-likeness (QED) is 0.771. The van der Waals surface area contributed by atoms with Gasteiger partial charge >= 0.3 is 0 Å². The van der Waals surface area contributed by atoms with Gasteiger partial charge in [0.05, 0.1) is 31.6 Å². The summed E-state index contributed by atoms with van der Waals surface area (Å²) < 4.78 is 10.4. The van der Waals surface area contributed by atoms with E-state index < -0.39 is 0 Å². The molecule has 0 spiro atoms. The average molecular weight is 298 g/mol. The van der Waals surface area contributed by atoms with Crippen molar-refractivity contribution in [2.75, 3.05) is 19.5 Å². The molecule has 0 radical (unpaired) electrons. The number of nitrogens with zero attached hydrogens (tertiary/aromatic N) is 2. The zero-order valence-corrected chi connectivity index (χ0v) is 12.1. The van der Waals surface area contributed by atoms with Crippen molar-refractivity contribution in [3.8, 4) is 11.5 Å². The minimum absolute atomic E-state index is 0.267. The first-order valence-corrected chi connectivity index (χ1v) is 6.54. The Kier molecular flexibility index (Phi) is 3.61. The van der Waals surface area contributed by atoms with Crippen LogP contribution < -0.4 is 14.8 Å². The normalized spacial score (nSPS) is 10.5. The van der Waals surface area contributed by atoms with Crippen molar-refractivity contribution in [1.29, 1.82) is 0 Å². The number of hydrogen-bond donors (Lipinski definition) is 2. The molecule has 2 aromatic heterocycles. The molecule has 0 aliphatic heterocycles. The lowest BCUT2D eigenvalue weighted by molar-refractivity contribution is 0.102. The molecule has 0 aliphatic carbocycles. The van der Waals surface area contributed by atoms with Gasteiger partial charge in [-0.15, -0.1) is 0 Å². The average Bonchev–Trinajstić information content (AvgIpc) is 3.02. The molecule has 1 amide bonds. The van der Waals surface area contributed by atoms with Crippen LogP contribution >= 0.6 is 0 Å². The van der Waals surface area contributed by atoms with Gasteiger partial charge in [-0.3, -0.25) is 4.79 Å². The van der Waals surface area contributed by atoms with Gasteiger partial charge in [-0.2, -0.15) is 0 Å². The van der Waals surface area contributed by atoms with Gasteiger partial charge in [-0.25, -0.2) is 9.97 Å². The Morgan fingerprint density at radius 1 is 1.14 bits per heavy atom. The number of rotatable bonds is 4. The topological polar surface area (TPSA) is 89.1 Å². The predicted octanol–water partition coefficient (Wildman–Crippen LogP) is 2.23. The molecule has 112 valence electrons. The monoisotopic (exact) mass is 298 g/mol. The molecule has 3 aromatic rings. The van der Waals surface area contributed by atoms with E-state index in [0.717, 1.165) is 0 Å². The number of nitrogens with one attached hydrogen (secondary N) is 2. The van der Waals surface area contributed by atoms with Crippen LogP contribution in [0.3, 0.4) is 0 Å². The van der Waals surface area contributed by atoms with E-state index in [4.69, 9.17) is 9.47 Å². The summed E-state index contributed by atoms with van der Waals surface area (Å²) in [6.45, 7) is 0. The number of methoxy groups -OCH3 is 2. The van der Waals surface area contributed by atoms with Crippen molar-refractivity contribution in [3.05, 3.63) is 42.4 Å². The molecule has 0 aliphatic rings. The van der Waals surface area contributed by atoms with Gasteiger partial charge in [0, 0.05) is 18.0 Å². The SMILES string of the molecule is COc1ccc(NC(=O)c2cnc3nc[nH]c3c2)cc1OC. The summed E-state index contributed by atoms with van der Waals surface area (Å²) in [5.74, 6) is 0.875. The van der Waals surface area contributed by atoms with Crippen molar-refractivity contribution in [2.45, 2.75) is 0 Å². The summed E-state index contributed by atoms with van der Waals surface area (Å²) in [5, 5.41) is 2.79. The molecule has 0 saturated carbocycles. The summed E-state index contributed by atoms with van der Waals surface area (Å²) in [6, 6.07) is 6.86. The molecular weight excluding hydrogens is 284 g/mol. The highest BCUT2D eigenvalue weighted by Crippen LogP contribution is 2.29. The maximum atomic E-state index is 12.3. The summed E-state index contributed by atoms with van der Waals surface area (Å²) in [5.41, 5.74) is 2.32. The molecule has 0 saturated heterocycles. The molecule has 0 bridgehead atoms. The van der Waals surface area contributed by atoms with Crippen LogP contribution in [0.2, 0.25) is 0 Å². The second kappa shape index (κ2) is 5.72. The minimum atomic E-state index is -0.267. The standard InChI is InChI=1S/C15H14N4O3/c1-21-12-4-3-10(6-13(12)22-2)19-15(20)9-5-11-14(16-7-9)18-8-17-11/h3-8H,1-2H3,(H,19,20)(H,16,17,18). The number of aromatic amines is 1. The zero-order chi connectivity index (χ0) is 15.5. The maximum Gasteiger partial charge on any atom is 0.257 e. The molecule has 22 heavy (non-hydrogen) atoms. The van der Waals surface area contributed by atoms with Crippen molar-refractivity contribution < 1.29 is 14.3 Å². The van der Waals surface area contributed by atoms with Gasteiger partial charge in [0.1, 0.15) is 0 Å². The van der Waals surface area contributed by atoms with Crippen LogP contribution in [0.25, 0.3) is 11.2 Å². The first kappa shape index (κ1) is 13.9. The van der Waals surface area contributed by atoms with E-state index in [-0.39, 0.29) is 5.91 Å². The number of hydrogen-bond acceptors (Lipinski definition) is 5. The van der Waals surface area contributed by atoms with Crippen molar-refractivity contribution in [2.24, 2.45) is 0 Å². The second-order valence-electron chi connectivity index (χ2n) is 4.52. The number of ether oxygens (including phenoxy) is 2. The molecule has 0 atom stereocenters. The third-order valence-electron chi connectivity index (χ3n) is 3.18. The van der Waals surface area contributed by atoms with Crippen molar-refractivity contribution >= 4 is 22.8 Å². The summed E-state index contributed by atoms with van der Waals surface area (Å²) in [4.78, 5) is 23.3. The van der Waals surface area contributed by atoms with Gasteiger partial charge in [-0.05, 0) is 18.2 Å². The lowest BCUT2D eigenvalue weighted by Gasteiger charge is -2.10. The lowest BCUT2D eigenvalue weighted by atomic mass is 10.2. The smallest absolute Gasteiger partial charge is 0.257 e. The predicted molar refractivity (Wildman–Crippen MR) is 81.4 cm³/mol. The number of carbonyl (C=O) groups is 1. The van der Waals surface area contributed by atoms with Gasteiger partial charge in [0.2, 0.25) is 0 Å². The number of fused-ring (bicyclic) bond motifs is 1. The van der Waals surface area contributed by atoms with E-state index >= 15 is 0 Å². The Morgan fingerprint density at radius 2 is 1.95 bits per heavy atom. The number of anilines is 1. The van der Waals surface area contributed by atoms with Crippen LogP contribution in [0.1, 0.15) is 10.4 Å². The van der Waals surface area contributed by atoms with E-state index in [2.05, 4.69) is 20.3 Å². The lowest BCUT2D eigenvalue weighted by Crippen LogP contribution is -2.12. The second-order valence-corrected chi connectivity index (χ2v) is 4.52. The largest absolute Gasteiger partial charge is 0.493 e. The third-order valence-corrected chi connectivity index (χ3v) is 3.18. The summed E-state index contributed by atoms with van der Waals surface area (Å²) in [6.07, 6.45) is 3.02. The van der Waals surface area contributed by atoms with E-state index in [0.29, 0.717) is 33.9 Å². The minimum Gasteiger partial charge on any atom is -0.493 e. The van der Waals surface area contributed by atoms with Gasteiger partial charge in [-0.1, -0.05) is 0 Å². The molecule has 7 heteroatoms. The molecule has 2 N–H and O–H groups in total. The molecular formula is C15H14N4O3.